The maximum atomic E-state index is 4.15. The molecule has 2 nitrogen and oxygen atoms in total. The van der Waals surface area contributed by atoms with E-state index in [0.29, 0.717) is 0 Å². The van der Waals surface area contributed by atoms with Gasteiger partial charge in [0.2, 0.25) is 0 Å². The third kappa shape index (κ3) is 2.24. The van der Waals surface area contributed by atoms with Crippen LogP contribution in [0, 0.1) is 11.8 Å². The van der Waals surface area contributed by atoms with Crippen LogP contribution in [0.3, 0.4) is 0 Å². The Hall–Kier alpha value is -1.01. The molecule has 0 N–H and O–H groups in total. The Bertz CT molecular complexity index is 255. The Morgan fingerprint density at radius 3 is 3.09 bits per heavy atom. The van der Waals surface area contributed by atoms with Crippen LogP contribution in [-0.4, -0.2) is 18.6 Å². The van der Waals surface area contributed by atoms with Crippen molar-refractivity contribution in [3.05, 3.63) is 11.6 Å². The van der Waals surface area contributed by atoms with Crippen molar-refractivity contribution >= 4 is 16.5 Å². The van der Waals surface area contributed by atoms with E-state index in [1.807, 2.05) is 24.3 Å². The smallest absolute Gasteiger partial charge is 0.185 e. The van der Waals surface area contributed by atoms with Gasteiger partial charge in [0.25, 0.3) is 0 Å². The molecule has 0 saturated heterocycles. The standard InChI is InChI=1S/C8H10N2S/c1-3-4-6-10(2)8-9-5-7-11-8/h5,7H,6H2,1-2H3. The highest BCUT2D eigenvalue weighted by atomic mass is 32.1. The van der Waals surface area contributed by atoms with Gasteiger partial charge in [-0.25, -0.2) is 4.98 Å². The van der Waals surface area contributed by atoms with E-state index in [0.717, 1.165) is 11.7 Å². The molecule has 0 bridgehead atoms. The zero-order valence-electron chi connectivity index (χ0n) is 6.66. The Balaban J connectivity index is 2.53. The van der Waals surface area contributed by atoms with Crippen LogP contribution in [0.5, 0.6) is 0 Å². The van der Waals surface area contributed by atoms with Gasteiger partial charge in [0, 0.05) is 18.6 Å². The summed E-state index contributed by atoms with van der Waals surface area (Å²) in [6.45, 7) is 2.60. The molecule has 0 aliphatic carbocycles. The van der Waals surface area contributed by atoms with E-state index in [4.69, 9.17) is 0 Å². The first-order valence-electron chi connectivity index (χ1n) is 3.35. The zero-order chi connectivity index (χ0) is 8.10. The first-order chi connectivity index (χ1) is 5.34. The summed E-state index contributed by atoms with van der Waals surface area (Å²) >= 11 is 1.63. The number of hydrogen-bond donors (Lipinski definition) is 0. The van der Waals surface area contributed by atoms with E-state index in [9.17, 15) is 0 Å². The van der Waals surface area contributed by atoms with Gasteiger partial charge in [-0.3, -0.25) is 0 Å². The van der Waals surface area contributed by atoms with E-state index in [1.165, 1.54) is 0 Å². The molecular formula is C8H10N2S. The van der Waals surface area contributed by atoms with Crippen molar-refractivity contribution in [1.82, 2.24) is 4.98 Å². The van der Waals surface area contributed by atoms with Gasteiger partial charge in [-0.05, 0) is 6.92 Å². The van der Waals surface area contributed by atoms with Crippen LogP contribution in [0.2, 0.25) is 0 Å². The predicted octanol–water partition coefficient (Wildman–Crippen LogP) is 1.60. The lowest BCUT2D eigenvalue weighted by Crippen LogP contribution is -2.16. The fourth-order valence-corrected chi connectivity index (χ4v) is 1.28. The lowest BCUT2D eigenvalue weighted by atomic mass is 10.5. The van der Waals surface area contributed by atoms with Gasteiger partial charge in [0.05, 0.1) is 6.54 Å². The molecule has 0 aliphatic rings. The molecule has 1 aromatic rings. The second-order valence-electron chi connectivity index (χ2n) is 2.10. The van der Waals surface area contributed by atoms with Crippen molar-refractivity contribution in [2.45, 2.75) is 6.92 Å². The molecule has 0 unspecified atom stereocenters. The van der Waals surface area contributed by atoms with Crippen LogP contribution in [0.1, 0.15) is 6.92 Å². The third-order valence-corrected chi connectivity index (χ3v) is 2.12. The van der Waals surface area contributed by atoms with Gasteiger partial charge in [-0.15, -0.1) is 17.3 Å². The topological polar surface area (TPSA) is 16.1 Å². The molecule has 1 rings (SSSR count). The molecule has 1 aromatic heterocycles. The van der Waals surface area contributed by atoms with Crippen molar-refractivity contribution in [2.75, 3.05) is 18.5 Å². The molecule has 0 atom stereocenters. The van der Waals surface area contributed by atoms with Crippen molar-refractivity contribution in [2.24, 2.45) is 0 Å². The number of anilines is 1. The largest absolute Gasteiger partial charge is 0.340 e. The number of rotatable bonds is 2. The van der Waals surface area contributed by atoms with Crippen molar-refractivity contribution in [3.63, 3.8) is 0 Å². The van der Waals surface area contributed by atoms with Crippen LogP contribution in [0.25, 0.3) is 0 Å². The average molecular weight is 166 g/mol. The minimum absolute atomic E-state index is 0.754. The van der Waals surface area contributed by atoms with Crippen LogP contribution in [0.15, 0.2) is 11.6 Å². The summed E-state index contributed by atoms with van der Waals surface area (Å²) in [7, 11) is 1.99. The minimum Gasteiger partial charge on any atom is -0.340 e. The second-order valence-corrected chi connectivity index (χ2v) is 2.97. The summed E-state index contributed by atoms with van der Waals surface area (Å²) in [5.74, 6) is 5.82. The van der Waals surface area contributed by atoms with Crippen LogP contribution in [0.4, 0.5) is 5.13 Å². The van der Waals surface area contributed by atoms with Crippen LogP contribution < -0.4 is 4.90 Å². The quantitative estimate of drug-likeness (QED) is 0.620. The molecule has 3 heteroatoms. The zero-order valence-corrected chi connectivity index (χ0v) is 7.48. The summed E-state index contributed by atoms with van der Waals surface area (Å²) < 4.78 is 0. The number of aromatic nitrogens is 1. The van der Waals surface area contributed by atoms with Gasteiger partial charge in [0.15, 0.2) is 5.13 Å². The Morgan fingerprint density at radius 1 is 1.73 bits per heavy atom. The Morgan fingerprint density at radius 2 is 2.55 bits per heavy atom. The molecule has 1 heterocycles. The van der Waals surface area contributed by atoms with Gasteiger partial charge in [0.1, 0.15) is 0 Å². The maximum absolute atomic E-state index is 4.15. The fraction of sp³-hybridized carbons (Fsp3) is 0.375. The van der Waals surface area contributed by atoms with Crippen molar-refractivity contribution in [1.29, 1.82) is 0 Å². The van der Waals surface area contributed by atoms with E-state index in [2.05, 4.69) is 16.8 Å². The highest BCUT2D eigenvalue weighted by molar-refractivity contribution is 7.13. The summed E-state index contributed by atoms with van der Waals surface area (Å²) in [5.41, 5.74) is 0. The predicted molar refractivity (Wildman–Crippen MR) is 48.8 cm³/mol. The SMILES string of the molecule is CC#CCN(C)c1nccs1. The Kier molecular flexibility index (Phi) is 2.94. The van der Waals surface area contributed by atoms with E-state index in [1.54, 1.807) is 17.5 Å². The first kappa shape index (κ1) is 8.09. The number of nitrogens with zero attached hydrogens (tertiary/aromatic N) is 2. The molecule has 0 radical (unpaired) electrons. The van der Waals surface area contributed by atoms with Gasteiger partial charge in [-0.1, -0.05) is 5.92 Å². The van der Waals surface area contributed by atoms with E-state index >= 15 is 0 Å². The molecular weight excluding hydrogens is 156 g/mol. The molecule has 0 aromatic carbocycles. The number of hydrogen-bond acceptors (Lipinski definition) is 3. The first-order valence-corrected chi connectivity index (χ1v) is 4.23. The Labute approximate surface area is 70.9 Å². The molecule has 0 fully saturated rings. The molecule has 58 valence electrons. The average Bonchev–Trinajstić information content (AvgIpc) is 2.52. The lowest BCUT2D eigenvalue weighted by Gasteiger charge is -2.10. The fourth-order valence-electron chi connectivity index (χ4n) is 0.670. The van der Waals surface area contributed by atoms with Gasteiger partial charge < -0.3 is 4.90 Å². The number of thiazole rings is 1. The highest BCUT2D eigenvalue weighted by Crippen LogP contribution is 2.14. The van der Waals surface area contributed by atoms with E-state index in [-0.39, 0.29) is 0 Å². The monoisotopic (exact) mass is 166 g/mol. The molecule has 0 aliphatic heterocycles. The molecule has 0 saturated carbocycles. The summed E-state index contributed by atoms with van der Waals surface area (Å²) in [5, 5.41) is 2.98. The summed E-state index contributed by atoms with van der Waals surface area (Å²) in [6, 6.07) is 0. The molecule has 0 spiro atoms. The van der Waals surface area contributed by atoms with Gasteiger partial charge >= 0.3 is 0 Å². The molecule has 11 heavy (non-hydrogen) atoms. The summed E-state index contributed by atoms with van der Waals surface area (Å²) in [4.78, 5) is 6.17. The van der Waals surface area contributed by atoms with Crippen molar-refractivity contribution in [3.8, 4) is 11.8 Å². The van der Waals surface area contributed by atoms with E-state index < -0.39 is 0 Å². The maximum Gasteiger partial charge on any atom is 0.185 e. The lowest BCUT2D eigenvalue weighted by molar-refractivity contribution is 1.03. The third-order valence-electron chi connectivity index (χ3n) is 1.24. The normalized spacial score (nSPS) is 8.55. The van der Waals surface area contributed by atoms with Crippen LogP contribution >= 0.6 is 11.3 Å². The van der Waals surface area contributed by atoms with Crippen molar-refractivity contribution < 1.29 is 0 Å². The van der Waals surface area contributed by atoms with Crippen LogP contribution in [-0.2, 0) is 0 Å². The van der Waals surface area contributed by atoms with Gasteiger partial charge in [-0.2, -0.15) is 0 Å². The second kappa shape index (κ2) is 3.99. The minimum atomic E-state index is 0.754. The molecule has 0 amide bonds. The highest BCUT2D eigenvalue weighted by Gasteiger charge is 1.98. The summed E-state index contributed by atoms with van der Waals surface area (Å²) in [6.07, 6.45) is 1.80.